The summed E-state index contributed by atoms with van der Waals surface area (Å²) in [6.07, 6.45) is 1.71. The summed E-state index contributed by atoms with van der Waals surface area (Å²) >= 11 is 12.4. The predicted molar refractivity (Wildman–Crippen MR) is 139 cm³/mol. The Balaban J connectivity index is 1.93. The van der Waals surface area contributed by atoms with Gasteiger partial charge in [0.05, 0.1) is 11.9 Å². The zero-order chi connectivity index (χ0) is 26.6. The summed E-state index contributed by atoms with van der Waals surface area (Å²) in [5, 5.41) is 3.62. The number of hydrogen-bond acceptors (Lipinski definition) is 6. The molecule has 0 saturated carbocycles. The number of rotatable bonds is 10. The molecule has 0 aliphatic carbocycles. The molecule has 36 heavy (non-hydrogen) atoms. The Bertz CT molecular complexity index is 1240. The highest BCUT2D eigenvalue weighted by atomic mass is 35.5. The van der Waals surface area contributed by atoms with Gasteiger partial charge in [-0.05, 0) is 50.1 Å². The summed E-state index contributed by atoms with van der Waals surface area (Å²) in [6, 6.07) is 8.43. The third-order valence-electron chi connectivity index (χ3n) is 5.85. The molecule has 3 rings (SSSR count). The summed E-state index contributed by atoms with van der Waals surface area (Å²) < 4.78 is 37.0. The van der Waals surface area contributed by atoms with E-state index in [1.807, 2.05) is 13.8 Å². The Morgan fingerprint density at radius 3 is 2.42 bits per heavy atom. The molecule has 196 valence electrons. The van der Waals surface area contributed by atoms with Crippen LogP contribution in [0.5, 0.6) is 11.5 Å². The van der Waals surface area contributed by atoms with Gasteiger partial charge in [0.1, 0.15) is 12.6 Å². The largest absolute Gasteiger partial charge is 0.454 e. The highest BCUT2D eigenvalue weighted by Crippen LogP contribution is 2.36. The van der Waals surface area contributed by atoms with Crippen molar-refractivity contribution in [2.75, 3.05) is 23.9 Å². The van der Waals surface area contributed by atoms with Crippen molar-refractivity contribution in [2.24, 2.45) is 0 Å². The van der Waals surface area contributed by atoms with E-state index in [9.17, 15) is 18.0 Å². The lowest BCUT2D eigenvalue weighted by molar-refractivity contribution is -0.139. The Morgan fingerprint density at radius 1 is 1.08 bits per heavy atom. The standard InChI is InChI=1S/C24H29Cl2N3O6S/c1-5-15(2)27-24(31)16(3)28(12-17-6-7-18(25)10-20(17)26)23(30)13-29(36(4,32)33)19-8-9-21-22(11-19)35-14-34-21/h6-11,15-16H,5,12-14H2,1-4H3,(H,27,31). The van der Waals surface area contributed by atoms with Crippen LogP contribution in [0.15, 0.2) is 36.4 Å². The van der Waals surface area contributed by atoms with Gasteiger partial charge in [0.25, 0.3) is 0 Å². The monoisotopic (exact) mass is 557 g/mol. The Morgan fingerprint density at radius 2 is 1.78 bits per heavy atom. The first kappa shape index (κ1) is 27.9. The number of benzene rings is 2. The van der Waals surface area contributed by atoms with Crippen LogP contribution in [-0.4, -0.2) is 56.8 Å². The van der Waals surface area contributed by atoms with Gasteiger partial charge < -0.3 is 19.7 Å². The van der Waals surface area contributed by atoms with Crippen LogP contribution in [0.1, 0.15) is 32.8 Å². The van der Waals surface area contributed by atoms with Crippen LogP contribution < -0.4 is 19.1 Å². The number of carbonyl (C=O) groups is 2. The number of nitrogens with zero attached hydrogens (tertiary/aromatic N) is 2. The fraction of sp³-hybridized carbons (Fsp3) is 0.417. The molecule has 2 atom stereocenters. The number of ether oxygens (including phenoxy) is 2. The Kier molecular flexibility index (Phi) is 8.97. The molecule has 0 aromatic heterocycles. The number of sulfonamides is 1. The fourth-order valence-corrected chi connectivity index (χ4v) is 4.85. The zero-order valence-electron chi connectivity index (χ0n) is 20.5. The number of amides is 2. The van der Waals surface area contributed by atoms with Gasteiger partial charge in [-0.2, -0.15) is 0 Å². The second-order valence-corrected chi connectivity index (χ2v) is 11.3. The molecule has 12 heteroatoms. The minimum atomic E-state index is -3.87. The van der Waals surface area contributed by atoms with Crippen molar-refractivity contribution in [1.29, 1.82) is 0 Å². The summed E-state index contributed by atoms with van der Waals surface area (Å²) in [5.74, 6) is -0.0970. The normalized spacial score (nSPS) is 14.2. The first-order chi connectivity index (χ1) is 16.9. The SMILES string of the molecule is CCC(C)NC(=O)C(C)N(Cc1ccc(Cl)cc1Cl)C(=O)CN(c1ccc2c(c1)OCO2)S(C)(=O)=O. The van der Waals surface area contributed by atoms with Gasteiger partial charge in [-0.1, -0.05) is 36.2 Å². The number of fused-ring (bicyclic) bond motifs is 1. The van der Waals surface area contributed by atoms with E-state index in [0.717, 1.165) is 10.6 Å². The minimum Gasteiger partial charge on any atom is -0.454 e. The lowest BCUT2D eigenvalue weighted by Crippen LogP contribution is -2.52. The lowest BCUT2D eigenvalue weighted by atomic mass is 10.1. The number of halogens is 2. The Hall–Kier alpha value is -2.69. The van der Waals surface area contributed by atoms with E-state index in [1.54, 1.807) is 31.2 Å². The third kappa shape index (κ3) is 6.74. The van der Waals surface area contributed by atoms with E-state index in [4.69, 9.17) is 32.7 Å². The van der Waals surface area contributed by atoms with Crippen molar-refractivity contribution in [3.63, 3.8) is 0 Å². The molecular weight excluding hydrogens is 529 g/mol. The van der Waals surface area contributed by atoms with Crippen LogP contribution >= 0.6 is 23.2 Å². The second kappa shape index (κ2) is 11.6. The van der Waals surface area contributed by atoms with Crippen LogP contribution in [-0.2, 0) is 26.2 Å². The van der Waals surface area contributed by atoms with Crippen LogP contribution in [0.3, 0.4) is 0 Å². The average molecular weight is 558 g/mol. The van der Waals surface area contributed by atoms with Gasteiger partial charge in [-0.3, -0.25) is 13.9 Å². The van der Waals surface area contributed by atoms with Crippen molar-refractivity contribution < 1.29 is 27.5 Å². The predicted octanol–water partition coefficient (Wildman–Crippen LogP) is 3.82. The second-order valence-electron chi connectivity index (χ2n) is 8.56. The lowest BCUT2D eigenvalue weighted by Gasteiger charge is -2.32. The molecule has 2 aromatic carbocycles. The van der Waals surface area contributed by atoms with Crippen molar-refractivity contribution >= 4 is 50.7 Å². The molecule has 1 heterocycles. The molecule has 9 nitrogen and oxygen atoms in total. The number of nitrogens with one attached hydrogen (secondary N) is 1. The van der Waals surface area contributed by atoms with Gasteiger partial charge in [-0.15, -0.1) is 0 Å². The molecule has 1 aliphatic heterocycles. The van der Waals surface area contributed by atoms with E-state index >= 15 is 0 Å². The molecule has 2 aromatic rings. The first-order valence-corrected chi connectivity index (χ1v) is 13.9. The summed E-state index contributed by atoms with van der Waals surface area (Å²) in [5.41, 5.74) is 0.794. The summed E-state index contributed by atoms with van der Waals surface area (Å²) in [6.45, 7) is 4.84. The third-order valence-corrected chi connectivity index (χ3v) is 7.57. The van der Waals surface area contributed by atoms with E-state index in [0.29, 0.717) is 33.5 Å². The number of carbonyl (C=O) groups excluding carboxylic acids is 2. The molecule has 1 aliphatic rings. The van der Waals surface area contributed by atoms with E-state index in [2.05, 4.69) is 5.32 Å². The van der Waals surface area contributed by atoms with Gasteiger partial charge in [0.15, 0.2) is 11.5 Å². The molecule has 0 saturated heterocycles. The maximum Gasteiger partial charge on any atom is 0.244 e. The molecule has 1 N–H and O–H groups in total. The Labute approximate surface area is 221 Å². The maximum atomic E-state index is 13.6. The van der Waals surface area contributed by atoms with Gasteiger partial charge >= 0.3 is 0 Å². The summed E-state index contributed by atoms with van der Waals surface area (Å²) in [4.78, 5) is 27.9. The van der Waals surface area contributed by atoms with Gasteiger partial charge in [0.2, 0.25) is 28.6 Å². The van der Waals surface area contributed by atoms with Crippen molar-refractivity contribution in [3.05, 3.63) is 52.0 Å². The first-order valence-electron chi connectivity index (χ1n) is 11.3. The van der Waals surface area contributed by atoms with Gasteiger partial charge in [-0.25, -0.2) is 8.42 Å². The van der Waals surface area contributed by atoms with Crippen molar-refractivity contribution in [3.8, 4) is 11.5 Å². The maximum absolute atomic E-state index is 13.6. The fourth-order valence-electron chi connectivity index (χ4n) is 3.54. The zero-order valence-corrected chi connectivity index (χ0v) is 22.8. The van der Waals surface area contributed by atoms with Crippen molar-refractivity contribution in [2.45, 2.75) is 45.8 Å². The molecule has 0 bridgehead atoms. The quantitative estimate of drug-likeness (QED) is 0.476. The molecule has 2 amide bonds. The van der Waals surface area contributed by atoms with Crippen LogP contribution in [0.4, 0.5) is 5.69 Å². The molecule has 2 unspecified atom stereocenters. The van der Waals surface area contributed by atoms with Crippen molar-refractivity contribution in [1.82, 2.24) is 10.2 Å². The van der Waals surface area contributed by atoms with Gasteiger partial charge in [0, 0.05) is 28.7 Å². The molecular formula is C24H29Cl2N3O6S. The van der Waals surface area contributed by atoms with E-state index < -0.39 is 28.5 Å². The number of hydrogen-bond donors (Lipinski definition) is 1. The molecule has 0 fully saturated rings. The van der Waals surface area contributed by atoms with Crippen LogP contribution in [0, 0.1) is 0 Å². The molecule has 0 spiro atoms. The van der Waals surface area contributed by atoms with Crippen LogP contribution in [0.25, 0.3) is 0 Å². The number of anilines is 1. The average Bonchev–Trinajstić information content (AvgIpc) is 3.28. The highest BCUT2D eigenvalue weighted by molar-refractivity contribution is 7.92. The smallest absolute Gasteiger partial charge is 0.244 e. The topological polar surface area (TPSA) is 105 Å². The van der Waals surface area contributed by atoms with E-state index in [1.165, 1.54) is 17.0 Å². The van der Waals surface area contributed by atoms with Crippen LogP contribution in [0.2, 0.25) is 10.0 Å². The molecule has 0 radical (unpaired) electrons. The minimum absolute atomic E-state index is 0.0228. The highest BCUT2D eigenvalue weighted by Gasteiger charge is 2.31. The summed E-state index contributed by atoms with van der Waals surface area (Å²) in [7, 11) is -3.87. The van der Waals surface area contributed by atoms with E-state index in [-0.39, 0.29) is 31.0 Å².